The largest absolute Gasteiger partial charge is 0.481 e. The molecule has 0 radical (unpaired) electrons. The summed E-state index contributed by atoms with van der Waals surface area (Å²) in [7, 11) is 0. The zero-order chi connectivity index (χ0) is 14.8. The number of hydrogen-bond acceptors (Lipinski definition) is 3. The van der Waals surface area contributed by atoms with Gasteiger partial charge in [-0.25, -0.2) is 0 Å². The van der Waals surface area contributed by atoms with Gasteiger partial charge in [0.2, 0.25) is 5.91 Å². The third kappa shape index (κ3) is 3.39. The summed E-state index contributed by atoms with van der Waals surface area (Å²) >= 11 is 0. The Labute approximate surface area is 125 Å². The number of amides is 1. The Morgan fingerprint density at radius 3 is 2.43 bits per heavy atom. The van der Waals surface area contributed by atoms with E-state index in [0.717, 1.165) is 38.3 Å². The molecular formula is C16H25NO4. The maximum absolute atomic E-state index is 12.6. The van der Waals surface area contributed by atoms with Gasteiger partial charge in [-0.05, 0) is 43.9 Å². The Kier molecular flexibility index (Phi) is 4.48. The third-order valence-corrected chi connectivity index (χ3v) is 5.48. The standard InChI is InChI=1S/C16H25NO4/c18-15(19)5-8-21-13-3-6-17(7-4-13)16(20)14-10-11-1-2-12(14)9-11/h11-14H,1-10H2,(H,18,19). The molecule has 1 heterocycles. The molecule has 3 atom stereocenters. The number of likely N-dealkylation sites (tertiary alicyclic amines) is 1. The van der Waals surface area contributed by atoms with Crippen LogP contribution in [0.1, 0.15) is 44.9 Å². The van der Waals surface area contributed by atoms with Gasteiger partial charge in [0.25, 0.3) is 0 Å². The number of fused-ring (bicyclic) bond motifs is 2. The molecule has 21 heavy (non-hydrogen) atoms. The van der Waals surface area contributed by atoms with Crippen molar-refractivity contribution in [3.63, 3.8) is 0 Å². The Hall–Kier alpha value is -1.10. The van der Waals surface area contributed by atoms with E-state index in [1.54, 1.807) is 0 Å². The van der Waals surface area contributed by atoms with Crippen molar-refractivity contribution in [2.45, 2.75) is 51.0 Å². The number of carbonyl (C=O) groups excluding carboxylic acids is 1. The normalized spacial score (nSPS) is 32.6. The van der Waals surface area contributed by atoms with Crippen LogP contribution < -0.4 is 0 Å². The Balaban J connectivity index is 1.41. The first-order chi connectivity index (χ1) is 10.1. The first-order valence-corrected chi connectivity index (χ1v) is 8.25. The molecule has 0 aromatic carbocycles. The fourth-order valence-corrected chi connectivity index (χ4v) is 4.34. The lowest BCUT2D eigenvalue weighted by atomic mass is 9.87. The van der Waals surface area contributed by atoms with Gasteiger partial charge in [-0.3, -0.25) is 9.59 Å². The first-order valence-electron chi connectivity index (χ1n) is 8.25. The van der Waals surface area contributed by atoms with E-state index in [2.05, 4.69) is 0 Å². The van der Waals surface area contributed by atoms with E-state index in [-0.39, 0.29) is 25.0 Å². The predicted molar refractivity (Wildman–Crippen MR) is 76.7 cm³/mol. The highest BCUT2D eigenvalue weighted by Crippen LogP contribution is 2.49. The smallest absolute Gasteiger partial charge is 0.305 e. The fraction of sp³-hybridized carbons (Fsp3) is 0.875. The van der Waals surface area contributed by atoms with Crippen LogP contribution in [0, 0.1) is 17.8 Å². The van der Waals surface area contributed by atoms with Gasteiger partial charge in [-0.2, -0.15) is 0 Å². The molecule has 3 aliphatic rings. The van der Waals surface area contributed by atoms with E-state index in [1.807, 2.05) is 4.90 Å². The maximum atomic E-state index is 12.6. The van der Waals surface area contributed by atoms with Gasteiger partial charge in [-0.15, -0.1) is 0 Å². The summed E-state index contributed by atoms with van der Waals surface area (Å²) < 4.78 is 5.58. The number of aliphatic carboxylic acids is 1. The third-order valence-electron chi connectivity index (χ3n) is 5.48. The van der Waals surface area contributed by atoms with Crippen molar-refractivity contribution >= 4 is 11.9 Å². The second-order valence-electron chi connectivity index (χ2n) is 6.82. The molecule has 1 saturated heterocycles. The number of piperidine rings is 1. The summed E-state index contributed by atoms with van der Waals surface area (Å²) in [5.41, 5.74) is 0. The minimum atomic E-state index is -0.820. The van der Waals surface area contributed by atoms with Crippen molar-refractivity contribution in [1.82, 2.24) is 4.90 Å². The van der Waals surface area contributed by atoms with Crippen molar-refractivity contribution in [3.8, 4) is 0 Å². The van der Waals surface area contributed by atoms with Gasteiger partial charge in [-0.1, -0.05) is 6.42 Å². The number of carbonyl (C=O) groups is 2. The molecule has 1 aliphatic heterocycles. The van der Waals surface area contributed by atoms with Crippen LogP contribution in [0.2, 0.25) is 0 Å². The van der Waals surface area contributed by atoms with Crippen LogP contribution in [0.15, 0.2) is 0 Å². The van der Waals surface area contributed by atoms with Gasteiger partial charge in [0.05, 0.1) is 19.1 Å². The SMILES string of the molecule is O=C(O)CCOC1CCN(C(=O)C2CC3CCC2C3)CC1. The molecule has 5 heteroatoms. The van der Waals surface area contributed by atoms with Gasteiger partial charge in [0.1, 0.15) is 0 Å². The lowest BCUT2D eigenvalue weighted by Crippen LogP contribution is -2.44. The van der Waals surface area contributed by atoms with Crippen LogP contribution in [-0.4, -0.2) is 47.7 Å². The molecule has 3 fully saturated rings. The number of carboxylic acids is 1. The Morgan fingerprint density at radius 1 is 1.10 bits per heavy atom. The second kappa shape index (κ2) is 6.34. The van der Waals surface area contributed by atoms with Crippen LogP contribution >= 0.6 is 0 Å². The maximum Gasteiger partial charge on any atom is 0.305 e. The molecule has 0 aromatic rings. The minimum absolute atomic E-state index is 0.0598. The molecule has 118 valence electrons. The Morgan fingerprint density at radius 2 is 1.86 bits per heavy atom. The van der Waals surface area contributed by atoms with Crippen LogP contribution in [0.4, 0.5) is 0 Å². The molecule has 2 aliphatic carbocycles. The van der Waals surface area contributed by atoms with E-state index in [4.69, 9.17) is 9.84 Å². The van der Waals surface area contributed by atoms with Gasteiger partial charge >= 0.3 is 5.97 Å². The second-order valence-corrected chi connectivity index (χ2v) is 6.82. The molecule has 5 nitrogen and oxygen atoms in total. The van der Waals surface area contributed by atoms with E-state index >= 15 is 0 Å². The summed E-state index contributed by atoms with van der Waals surface area (Å²) in [5, 5.41) is 8.60. The zero-order valence-corrected chi connectivity index (χ0v) is 12.5. The molecular weight excluding hydrogens is 270 g/mol. The predicted octanol–water partition coefficient (Wildman–Crippen LogP) is 1.90. The van der Waals surface area contributed by atoms with Crippen molar-refractivity contribution in [2.24, 2.45) is 17.8 Å². The van der Waals surface area contributed by atoms with Gasteiger partial charge < -0.3 is 14.7 Å². The average molecular weight is 295 g/mol. The van der Waals surface area contributed by atoms with Gasteiger partial charge in [0, 0.05) is 19.0 Å². The highest BCUT2D eigenvalue weighted by Gasteiger charge is 2.44. The van der Waals surface area contributed by atoms with Crippen LogP contribution in [0.3, 0.4) is 0 Å². The molecule has 0 aromatic heterocycles. The quantitative estimate of drug-likeness (QED) is 0.841. The molecule has 1 amide bonds. The molecule has 2 saturated carbocycles. The van der Waals surface area contributed by atoms with Crippen molar-refractivity contribution in [3.05, 3.63) is 0 Å². The minimum Gasteiger partial charge on any atom is -0.481 e. The van der Waals surface area contributed by atoms with E-state index < -0.39 is 5.97 Å². The number of nitrogens with zero attached hydrogens (tertiary/aromatic N) is 1. The van der Waals surface area contributed by atoms with Crippen molar-refractivity contribution < 1.29 is 19.4 Å². The van der Waals surface area contributed by atoms with Crippen LogP contribution in [0.5, 0.6) is 0 Å². The lowest BCUT2D eigenvalue weighted by Gasteiger charge is -2.35. The topological polar surface area (TPSA) is 66.8 Å². The number of ether oxygens (including phenoxy) is 1. The highest BCUT2D eigenvalue weighted by molar-refractivity contribution is 5.79. The molecule has 3 unspecified atom stereocenters. The van der Waals surface area contributed by atoms with Crippen molar-refractivity contribution in [2.75, 3.05) is 19.7 Å². The fourth-order valence-electron chi connectivity index (χ4n) is 4.34. The molecule has 0 spiro atoms. The van der Waals surface area contributed by atoms with E-state index in [1.165, 1.54) is 19.3 Å². The Bertz CT molecular complexity index is 403. The molecule has 1 N–H and O–H groups in total. The van der Waals surface area contributed by atoms with Crippen LogP contribution in [-0.2, 0) is 14.3 Å². The summed E-state index contributed by atoms with van der Waals surface area (Å²) in [6.07, 6.45) is 6.81. The highest BCUT2D eigenvalue weighted by atomic mass is 16.5. The zero-order valence-electron chi connectivity index (χ0n) is 12.5. The van der Waals surface area contributed by atoms with Crippen LogP contribution in [0.25, 0.3) is 0 Å². The molecule has 2 bridgehead atoms. The lowest BCUT2D eigenvalue weighted by molar-refractivity contribution is -0.140. The van der Waals surface area contributed by atoms with Gasteiger partial charge in [0.15, 0.2) is 0 Å². The monoisotopic (exact) mass is 295 g/mol. The number of carboxylic acid groups (broad SMARTS) is 1. The summed E-state index contributed by atoms with van der Waals surface area (Å²) in [6, 6.07) is 0. The first kappa shape index (κ1) is 14.8. The molecule has 3 rings (SSSR count). The van der Waals surface area contributed by atoms with E-state index in [9.17, 15) is 9.59 Å². The summed E-state index contributed by atoms with van der Waals surface area (Å²) in [6.45, 7) is 1.81. The average Bonchev–Trinajstić information content (AvgIpc) is 3.09. The van der Waals surface area contributed by atoms with E-state index in [0.29, 0.717) is 11.8 Å². The van der Waals surface area contributed by atoms with Crippen molar-refractivity contribution in [1.29, 1.82) is 0 Å². The number of rotatable bonds is 5. The summed E-state index contributed by atoms with van der Waals surface area (Å²) in [4.78, 5) is 25.1. The number of hydrogen-bond donors (Lipinski definition) is 1. The summed E-state index contributed by atoms with van der Waals surface area (Å²) in [5.74, 6) is 1.28.